The summed E-state index contributed by atoms with van der Waals surface area (Å²) in [5.74, 6) is 0.673. The second-order valence-electron chi connectivity index (χ2n) is 10.7. The maximum Gasteiger partial charge on any atom is 0.160 e. The van der Waals surface area contributed by atoms with E-state index in [9.17, 15) is 0 Å². The SMILES string of the molecule is C=C(/C=C(\C=C/C)c1nc(-c2ccccc2)cc(-c2ccccc2)n1)C1=c2cccc/c2=C(C)/C(C)=C/CCC=C1C. The Morgan fingerprint density at radius 1 is 0.690 bits per heavy atom. The average Bonchev–Trinajstić information content (AvgIpc) is 3.03. The fraction of sp³-hybridized carbons (Fsp3) is 0.150. The molecule has 1 heterocycles. The van der Waals surface area contributed by atoms with E-state index in [1.54, 1.807) is 0 Å². The number of nitrogens with zero attached hydrogens (tertiary/aromatic N) is 2. The zero-order chi connectivity index (χ0) is 29.5. The quantitative estimate of drug-likeness (QED) is 0.226. The first-order valence-corrected chi connectivity index (χ1v) is 14.6. The van der Waals surface area contributed by atoms with Gasteiger partial charge in [0.2, 0.25) is 0 Å². The fourth-order valence-corrected chi connectivity index (χ4v) is 5.45. The van der Waals surface area contributed by atoms with Crippen molar-refractivity contribution in [1.29, 1.82) is 0 Å². The number of fused-ring (bicyclic) bond motifs is 1. The molecule has 0 spiro atoms. The molecule has 3 aromatic carbocycles. The van der Waals surface area contributed by atoms with Gasteiger partial charge in [-0.15, -0.1) is 0 Å². The van der Waals surface area contributed by atoms with E-state index in [-0.39, 0.29) is 0 Å². The smallest absolute Gasteiger partial charge is 0.160 e. The predicted molar refractivity (Wildman–Crippen MR) is 180 cm³/mol. The molecule has 0 fully saturated rings. The van der Waals surface area contributed by atoms with E-state index >= 15 is 0 Å². The van der Waals surface area contributed by atoms with Gasteiger partial charge in [-0.2, -0.15) is 0 Å². The average molecular weight is 547 g/mol. The maximum absolute atomic E-state index is 5.09. The van der Waals surface area contributed by atoms with Crippen LogP contribution in [0.2, 0.25) is 0 Å². The van der Waals surface area contributed by atoms with Crippen molar-refractivity contribution in [3.63, 3.8) is 0 Å². The minimum atomic E-state index is 0.673. The first-order chi connectivity index (χ1) is 20.5. The van der Waals surface area contributed by atoms with E-state index in [1.807, 2.05) is 49.4 Å². The van der Waals surface area contributed by atoms with Crippen molar-refractivity contribution in [2.24, 2.45) is 0 Å². The molecule has 0 bridgehead atoms. The van der Waals surface area contributed by atoms with Crippen molar-refractivity contribution in [2.75, 3.05) is 0 Å². The molecular formula is C40H38N2. The number of allylic oxidation sites excluding steroid dienone is 9. The third-order valence-corrected chi connectivity index (χ3v) is 7.77. The summed E-state index contributed by atoms with van der Waals surface area (Å²) in [7, 11) is 0. The minimum Gasteiger partial charge on any atom is -0.228 e. The molecule has 0 atom stereocenters. The second kappa shape index (κ2) is 13.2. The van der Waals surface area contributed by atoms with Crippen molar-refractivity contribution in [1.82, 2.24) is 9.97 Å². The molecule has 208 valence electrons. The summed E-state index contributed by atoms with van der Waals surface area (Å²) < 4.78 is 0. The Morgan fingerprint density at radius 3 is 1.79 bits per heavy atom. The molecule has 5 rings (SSSR count). The summed E-state index contributed by atoms with van der Waals surface area (Å²) in [5.41, 5.74) is 10.8. The van der Waals surface area contributed by atoms with Crippen LogP contribution in [0.4, 0.5) is 0 Å². The van der Waals surface area contributed by atoms with Gasteiger partial charge in [-0.3, -0.25) is 0 Å². The summed E-state index contributed by atoms with van der Waals surface area (Å²) in [6.45, 7) is 13.3. The lowest BCUT2D eigenvalue weighted by molar-refractivity contribution is 1.03. The highest BCUT2D eigenvalue weighted by Gasteiger charge is 2.14. The van der Waals surface area contributed by atoms with Gasteiger partial charge in [0.05, 0.1) is 11.4 Å². The molecule has 1 aliphatic rings. The molecule has 0 N–H and O–H groups in total. The van der Waals surface area contributed by atoms with Crippen LogP contribution in [0.5, 0.6) is 0 Å². The first kappa shape index (κ1) is 28.7. The summed E-state index contributed by atoms with van der Waals surface area (Å²) in [6.07, 6.45) is 13.0. The third-order valence-electron chi connectivity index (χ3n) is 7.77. The lowest BCUT2D eigenvalue weighted by Crippen LogP contribution is -2.29. The number of hydrogen-bond donors (Lipinski definition) is 0. The predicted octanol–water partition coefficient (Wildman–Crippen LogP) is 9.03. The van der Waals surface area contributed by atoms with Crippen LogP contribution in [0, 0.1) is 0 Å². The monoisotopic (exact) mass is 546 g/mol. The van der Waals surface area contributed by atoms with E-state index in [0.29, 0.717) is 5.82 Å². The Morgan fingerprint density at radius 2 is 1.21 bits per heavy atom. The van der Waals surface area contributed by atoms with Gasteiger partial charge in [0.1, 0.15) is 0 Å². The van der Waals surface area contributed by atoms with Crippen LogP contribution in [0.15, 0.2) is 145 Å². The Labute approximate surface area is 250 Å². The molecule has 0 saturated carbocycles. The Balaban J connectivity index is 1.75. The topological polar surface area (TPSA) is 25.8 Å². The normalized spacial score (nSPS) is 16.9. The highest BCUT2D eigenvalue weighted by atomic mass is 14.9. The molecule has 0 amide bonds. The second-order valence-corrected chi connectivity index (χ2v) is 10.7. The van der Waals surface area contributed by atoms with Crippen LogP contribution in [0.3, 0.4) is 0 Å². The van der Waals surface area contributed by atoms with Crippen LogP contribution >= 0.6 is 0 Å². The summed E-state index contributed by atoms with van der Waals surface area (Å²) in [5, 5.41) is 2.44. The fourth-order valence-electron chi connectivity index (χ4n) is 5.45. The lowest BCUT2D eigenvalue weighted by Gasteiger charge is -2.14. The lowest BCUT2D eigenvalue weighted by atomic mass is 9.91. The minimum absolute atomic E-state index is 0.673. The maximum atomic E-state index is 5.09. The Hall–Kier alpha value is -4.82. The number of aromatic nitrogens is 2. The third kappa shape index (κ3) is 6.39. The summed E-state index contributed by atoms with van der Waals surface area (Å²) in [4.78, 5) is 10.2. The van der Waals surface area contributed by atoms with E-state index in [1.165, 1.54) is 27.2 Å². The highest BCUT2D eigenvalue weighted by Crippen LogP contribution is 2.29. The van der Waals surface area contributed by atoms with E-state index in [0.717, 1.165) is 52.1 Å². The van der Waals surface area contributed by atoms with Crippen molar-refractivity contribution in [3.05, 3.63) is 161 Å². The Bertz CT molecular complexity index is 1790. The van der Waals surface area contributed by atoms with E-state index in [2.05, 4.69) is 106 Å². The van der Waals surface area contributed by atoms with Gasteiger partial charge in [0.15, 0.2) is 5.82 Å². The van der Waals surface area contributed by atoms with E-state index < -0.39 is 0 Å². The van der Waals surface area contributed by atoms with Gasteiger partial charge in [-0.05, 0) is 85.4 Å². The Kier molecular flexibility index (Phi) is 9.04. The zero-order valence-electron chi connectivity index (χ0n) is 25.1. The number of rotatable bonds is 6. The van der Waals surface area contributed by atoms with Gasteiger partial charge in [0, 0.05) is 16.7 Å². The molecule has 0 unspecified atom stereocenters. The molecule has 1 aliphatic carbocycles. The van der Waals surface area contributed by atoms with Gasteiger partial charge < -0.3 is 0 Å². The standard InChI is InChI=1S/C40H38N2/c1-6-17-34(40-41-37(32-20-9-7-10-21-32)27-38(42-40)33-22-11-8-12-23-33)26-30(4)39-29(3)19-14-13-18-28(2)31(5)35-24-15-16-25-36(35)39/h6-12,15-27H,4,13-14H2,1-3,5H3/b17-6-,28-18+,29-19?,34-26+,35-31-,39-36?. The molecule has 1 aromatic heterocycles. The van der Waals surface area contributed by atoms with Gasteiger partial charge in [-0.1, -0.05) is 121 Å². The van der Waals surface area contributed by atoms with Crippen LogP contribution in [0.1, 0.15) is 46.4 Å². The molecule has 0 saturated heterocycles. The number of hydrogen-bond acceptors (Lipinski definition) is 2. The van der Waals surface area contributed by atoms with Crippen LogP contribution in [-0.4, -0.2) is 9.97 Å². The molecule has 0 aliphatic heterocycles. The molecule has 4 aromatic rings. The van der Waals surface area contributed by atoms with Crippen molar-refractivity contribution < 1.29 is 0 Å². The zero-order valence-corrected chi connectivity index (χ0v) is 25.1. The molecule has 2 nitrogen and oxygen atoms in total. The molecule has 0 radical (unpaired) electrons. The molecular weight excluding hydrogens is 508 g/mol. The van der Waals surface area contributed by atoms with Crippen LogP contribution in [0.25, 0.3) is 39.2 Å². The summed E-state index contributed by atoms with van der Waals surface area (Å²) >= 11 is 0. The van der Waals surface area contributed by atoms with Crippen molar-refractivity contribution in [3.8, 4) is 22.5 Å². The van der Waals surface area contributed by atoms with Crippen LogP contribution in [-0.2, 0) is 0 Å². The van der Waals surface area contributed by atoms with Gasteiger partial charge >= 0.3 is 0 Å². The van der Waals surface area contributed by atoms with Gasteiger partial charge in [0.25, 0.3) is 0 Å². The van der Waals surface area contributed by atoms with E-state index in [4.69, 9.17) is 9.97 Å². The molecule has 42 heavy (non-hydrogen) atoms. The highest BCUT2D eigenvalue weighted by molar-refractivity contribution is 5.86. The summed E-state index contributed by atoms with van der Waals surface area (Å²) in [6, 6.07) is 31.4. The first-order valence-electron chi connectivity index (χ1n) is 14.6. The number of benzene rings is 3. The van der Waals surface area contributed by atoms with Crippen molar-refractivity contribution >= 4 is 16.7 Å². The van der Waals surface area contributed by atoms with Gasteiger partial charge in [-0.25, -0.2) is 9.97 Å². The molecule has 2 heteroatoms. The largest absolute Gasteiger partial charge is 0.228 e. The van der Waals surface area contributed by atoms with Crippen molar-refractivity contribution in [2.45, 2.75) is 40.5 Å². The van der Waals surface area contributed by atoms with Crippen LogP contribution < -0.4 is 10.4 Å².